The molecule has 2 amide bonds. The number of aromatic nitrogens is 2. The Kier molecular flexibility index (Phi) is 11.0. The van der Waals surface area contributed by atoms with E-state index >= 15 is 8.78 Å². The van der Waals surface area contributed by atoms with Crippen LogP contribution in [-0.4, -0.2) is 94.6 Å². The maximum absolute atomic E-state index is 18.0. The third-order valence-electron chi connectivity index (χ3n) is 12.6. The third kappa shape index (κ3) is 8.37. The lowest BCUT2D eigenvalue weighted by atomic mass is 9.90. The molecule has 2 atom stereocenters. The van der Waals surface area contributed by atoms with E-state index in [9.17, 15) is 19.2 Å². The van der Waals surface area contributed by atoms with Crippen molar-refractivity contribution in [3.8, 4) is 23.2 Å². The van der Waals surface area contributed by atoms with Gasteiger partial charge in [0.05, 0.1) is 41.8 Å². The number of thiophene rings is 1. The largest absolute Gasteiger partial charge is 0.463 e. The lowest BCUT2D eigenvalue weighted by Crippen LogP contribution is -2.56. The number of halogens is 3. The van der Waals surface area contributed by atoms with Gasteiger partial charge in [-0.15, -0.1) is 11.3 Å². The van der Waals surface area contributed by atoms with E-state index < -0.39 is 28.9 Å². The highest BCUT2D eigenvalue weighted by Crippen LogP contribution is 2.50. The molecule has 1 N–H and O–H groups in total. The summed E-state index contributed by atoms with van der Waals surface area (Å²) in [6, 6.07) is 4.50. The number of nitrogens with zero attached hydrogens (tertiary/aromatic N) is 6. The van der Waals surface area contributed by atoms with E-state index in [1.54, 1.807) is 25.7 Å². The number of carbonyl (C=O) groups is 2. The quantitative estimate of drug-likeness (QED) is 0.181. The second-order valence-electron chi connectivity index (χ2n) is 19.5. The minimum absolute atomic E-state index is 0.00380. The number of benzene rings is 2. The van der Waals surface area contributed by atoms with Crippen LogP contribution < -0.4 is 15.0 Å². The molecule has 1 aliphatic carbocycles. The summed E-state index contributed by atoms with van der Waals surface area (Å²) < 4.78 is 70.8. The number of fused-ring (bicyclic) bond motifs is 6. The van der Waals surface area contributed by atoms with Crippen molar-refractivity contribution in [1.29, 1.82) is 5.26 Å². The van der Waals surface area contributed by atoms with Crippen LogP contribution in [0.5, 0.6) is 6.01 Å². The molecule has 6 heterocycles. The number of piperazine rings is 1. The summed E-state index contributed by atoms with van der Waals surface area (Å²) in [5.41, 5.74) is 0.677. The summed E-state index contributed by atoms with van der Waals surface area (Å²) in [4.78, 5) is 42.4. The van der Waals surface area contributed by atoms with Crippen LogP contribution in [-0.2, 0) is 27.4 Å². The molecular formula is C46H52F3N7O6S. The van der Waals surface area contributed by atoms with Crippen LogP contribution >= 0.6 is 11.3 Å². The van der Waals surface area contributed by atoms with Crippen LogP contribution in [0.1, 0.15) is 96.8 Å². The number of nitriles is 1. The molecule has 9 rings (SSSR count). The first-order valence-corrected chi connectivity index (χ1v) is 22.4. The first-order valence-electron chi connectivity index (χ1n) is 21.6. The third-order valence-corrected chi connectivity index (χ3v) is 13.7. The van der Waals surface area contributed by atoms with Crippen molar-refractivity contribution in [2.24, 2.45) is 5.41 Å². The predicted molar refractivity (Wildman–Crippen MR) is 232 cm³/mol. The lowest BCUT2D eigenvalue weighted by molar-refractivity contribution is 0.0209. The molecule has 13 nitrogen and oxygen atoms in total. The number of hydrogen-bond acceptors (Lipinski definition) is 12. The van der Waals surface area contributed by atoms with E-state index in [4.69, 9.17) is 28.9 Å². The Morgan fingerprint density at radius 2 is 1.68 bits per heavy atom. The molecule has 2 aromatic carbocycles. The van der Waals surface area contributed by atoms with Gasteiger partial charge in [-0.05, 0) is 108 Å². The highest BCUT2D eigenvalue weighted by atomic mass is 32.1. The fraction of sp³-hybridized carbons (Fsp3) is 0.543. The number of piperidine rings is 1. The molecule has 3 saturated heterocycles. The fourth-order valence-corrected chi connectivity index (χ4v) is 10.6. The van der Waals surface area contributed by atoms with E-state index in [2.05, 4.69) is 21.2 Å². The van der Waals surface area contributed by atoms with E-state index in [1.165, 1.54) is 12.1 Å². The molecule has 4 aliphatic heterocycles. The number of likely N-dealkylation sites (tertiary alicyclic amines) is 2. The van der Waals surface area contributed by atoms with E-state index in [0.717, 1.165) is 68.6 Å². The molecule has 5 aliphatic rings. The van der Waals surface area contributed by atoms with E-state index in [1.807, 2.05) is 20.8 Å². The Morgan fingerprint density at radius 3 is 2.32 bits per heavy atom. The fourth-order valence-electron chi connectivity index (χ4n) is 9.54. The molecule has 4 aromatic rings. The number of nitrogens with one attached hydrogen (secondary N) is 1. The Labute approximate surface area is 368 Å². The van der Waals surface area contributed by atoms with E-state index in [0.29, 0.717) is 54.9 Å². The zero-order valence-electron chi connectivity index (χ0n) is 36.5. The van der Waals surface area contributed by atoms with Gasteiger partial charge in [0.1, 0.15) is 39.4 Å². The maximum Gasteiger partial charge on any atom is 0.412 e. The standard InChI is InChI=1S/C46H52F3N7O6S/c1-44(2,3)61-42(57)53-40-29(18-50)34-28(9-10-32(48)38(34)63-40)33-30-21-59-22-31(30)35-37(36(33)49)51-41(60-24-46(13-14-46)23-54-15-11-25(17-47)12-16-54)52-39(35)56-26-7-8-27(56)20-55(19-26)43(58)62-45(4,5)6/h9-10,17,26-27H,7-8,11-16,19-24H2,1-6H3,(H,53,57). The molecular weight excluding hydrogens is 836 g/mol. The average molecular weight is 888 g/mol. The molecule has 0 radical (unpaired) electrons. The van der Waals surface area contributed by atoms with Crippen molar-refractivity contribution in [3.63, 3.8) is 0 Å². The van der Waals surface area contributed by atoms with E-state index in [-0.39, 0.29) is 80.1 Å². The molecule has 2 unspecified atom stereocenters. The van der Waals surface area contributed by atoms with Crippen molar-refractivity contribution in [2.45, 2.75) is 117 Å². The van der Waals surface area contributed by atoms with Crippen LogP contribution in [0.3, 0.4) is 0 Å². The van der Waals surface area contributed by atoms with Crippen LogP contribution in [0.4, 0.5) is 33.6 Å². The zero-order chi connectivity index (χ0) is 44.6. The Hall–Kier alpha value is -5.18. The van der Waals surface area contributed by atoms with Crippen molar-refractivity contribution in [2.75, 3.05) is 49.5 Å². The van der Waals surface area contributed by atoms with Gasteiger partial charge in [0, 0.05) is 61.2 Å². The first kappa shape index (κ1) is 43.1. The minimum atomic E-state index is -0.834. The van der Waals surface area contributed by atoms with Gasteiger partial charge in [-0.3, -0.25) is 5.32 Å². The number of hydrogen-bond donors (Lipinski definition) is 1. The number of amides is 2. The highest BCUT2D eigenvalue weighted by Gasteiger charge is 2.47. The second-order valence-corrected chi connectivity index (χ2v) is 20.6. The second kappa shape index (κ2) is 16.1. The number of rotatable bonds is 8. The molecule has 2 bridgehead atoms. The molecule has 334 valence electrons. The molecule has 1 saturated carbocycles. The van der Waals surface area contributed by atoms with Crippen molar-refractivity contribution in [3.05, 3.63) is 52.4 Å². The minimum Gasteiger partial charge on any atom is -0.463 e. The molecule has 0 spiro atoms. The highest BCUT2D eigenvalue weighted by molar-refractivity contribution is 7.23. The zero-order valence-corrected chi connectivity index (χ0v) is 37.3. The van der Waals surface area contributed by atoms with Crippen LogP contribution in [0.2, 0.25) is 0 Å². The summed E-state index contributed by atoms with van der Waals surface area (Å²) in [6.07, 6.45) is 4.30. The SMILES string of the molecule is CC(C)(C)OC(=O)Nc1sc2c(F)ccc(-c3c4c(c5c(N6C7CCC6CN(C(=O)OC(C)(C)C)C7)nc(OCC6(CN7CCC(=CF)CC7)CC6)nc5c3F)COC4)c2c1C#N. The molecule has 17 heteroatoms. The summed E-state index contributed by atoms with van der Waals surface area (Å²) >= 11 is 0.870. The Morgan fingerprint density at radius 1 is 1.00 bits per heavy atom. The summed E-state index contributed by atoms with van der Waals surface area (Å²) in [6.45, 7) is 14.1. The summed E-state index contributed by atoms with van der Waals surface area (Å²) in [5.74, 6) is -0.856. The Balaban J connectivity index is 1.15. The van der Waals surface area contributed by atoms with Crippen LogP contribution in [0.15, 0.2) is 24.0 Å². The number of ether oxygens (including phenoxy) is 4. The van der Waals surface area contributed by atoms with Gasteiger partial charge in [-0.25, -0.2) is 22.8 Å². The van der Waals surface area contributed by atoms with Crippen molar-refractivity contribution in [1.82, 2.24) is 19.8 Å². The average Bonchev–Trinajstić information content (AvgIpc) is 3.49. The summed E-state index contributed by atoms with van der Waals surface area (Å²) in [7, 11) is 0. The maximum atomic E-state index is 18.0. The van der Waals surface area contributed by atoms with Crippen LogP contribution in [0.25, 0.3) is 32.1 Å². The van der Waals surface area contributed by atoms with Gasteiger partial charge < -0.3 is 33.6 Å². The topological polar surface area (TPSA) is 142 Å². The van der Waals surface area contributed by atoms with Gasteiger partial charge in [-0.2, -0.15) is 15.2 Å². The van der Waals surface area contributed by atoms with Gasteiger partial charge >= 0.3 is 18.2 Å². The molecule has 2 aromatic heterocycles. The number of carbonyl (C=O) groups excluding carboxylic acids is 2. The van der Waals surface area contributed by atoms with Crippen molar-refractivity contribution >= 4 is 55.3 Å². The summed E-state index contributed by atoms with van der Waals surface area (Å²) in [5, 5.41) is 13.8. The van der Waals surface area contributed by atoms with Gasteiger partial charge in [0.2, 0.25) is 0 Å². The van der Waals surface area contributed by atoms with Crippen LogP contribution in [0, 0.1) is 28.4 Å². The van der Waals surface area contributed by atoms with Gasteiger partial charge in [-0.1, -0.05) is 6.07 Å². The predicted octanol–water partition coefficient (Wildman–Crippen LogP) is 9.73. The molecule has 4 fully saturated rings. The van der Waals surface area contributed by atoms with Gasteiger partial charge in [0.15, 0.2) is 5.82 Å². The molecule has 63 heavy (non-hydrogen) atoms. The Bertz CT molecular complexity index is 2570. The monoisotopic (exact) mass is 887 g/mol. The smallest absolute Gasteiger partial charge is 0.412 e. The number of anilines is 2. The normalized spacial score (nSPS) is 20.8. The van der Waals surface area contributed by atoms with Crippen molar-refractivity contribution < 1.29 is 41.7 Å². The van der Waals surface area contributed by atoms with Gasteiger partial charge in [0.25, 0.3) is 0 Å². The first-order chi connectivity index (χ1) is 29.9. The lowest BCUT2D eigenvalue weighted by Gasteiger charge is -2.42.